The molecule has 2 amide bonds. The smallest absolute Gasteiger partial charge is 0.290 e. The molecule has 0 radical (unpaired) electrons. The number of ether oxygens (including phenoxy) is 1. The summed E-state index contributed by atoms with van der Waals surface area (Å²) < 4.78 is 20.1. The summed E-state index contributed by atoms with van der Waals surface area (Å²) in [5.74, 6) is 0.154. The third-order valence-corrected chi connectivity index (χ3v) is 9.19. The number of nitrogens with one attached hydrogen (secondary N) is 3. The molecule has 0 aliphatic carbocycles. The molecule has 5 unspecified atom stereocenters. The van der Waals surface area contributed by atoms with Crippen molar-refractivity contribution in [3.05, 3.63) is 40.4 Å². The lowest BCUT2D eigenvalue weighted by molar-refractivity contribution is -0.214. The number of carbonyl (C=O) groups excluding carboxylic acids is 2. The van der Waals surface area contributed by atoms with Crippen LogP contribution in [0.4, 0.5) is 0 Å². The van der Waals surface area contributed by atoms with E-state index in [1.165, 1.54) is 11.8 Å². The number of carboxylic acid groups (broad SMARTS) is 1. The van der Waals surface area contributed by atoms with Gasteiger partial charge in [0.1, 0.15) is 29.2 Å². The van der Waals surface area contributed by atoms with E-state index >= 15 is 0 Å². The van der Waals surface area contributed by atoms with E-state index in [9.17, 15) is 9.59 Å². The summed E-state index contributed by atoms with van der Waals surface area (Å²) in [5.41, 5.74) is 13.2. The lowest BCUT2D eigenvalue weighted by Crippen LogP contribution is -2.76. The quantitative estimate of drug-likeness (QED) is 0.0456. The van der Waals surface area contributed by atoms with E-state index in [2.05, 4.69) is 21.1 Å². The molecular weight excluding hydrogens is 653 g/mol. The molecule has 4 aliphatic heterocycles. The molecule has 9 N–H and O–H groups in total. The zero-order valence-corrected chi connectivity index (χ0v) is 28.0. The monoisotopic (exact) mass is 694 g/mol. The molecule has 5 atom stereocenters. The molecular formula is C29H42N8O8S2. The number of aliphatic imine (C=N–C) groups is 1. The number of fused-ring (bicyclic) bond motifs is 1. The van der Waals surface area contributed by atoms with E-state index in [4.69, 9.17) is 44.8 Å². The van der Waals surface area contributed by atoms with Crippen LogP contribution in [0.25, 0.3) is 0 Å². The van der Waals surface area contributed by atoms with Crippen molar-refractivity contribution in [3.63, 3.8) is 0 Å². The van der Waals surface area contributed by atoms with Gasteiger partial charge in [-0.3, -0.25) is 19.4 Å². The van der Waals surface area contributed by atoms with E-state index in [0.29, 0.717) is 18.0 Å². The molecule has 18 heteroatoms. The zero-order chi connectivity index (χ0) is 34.1. The normalized spacial score (nSPS) is 26.1. The number of amides is 2. The maximum absolute atomic E-state index is 13.3. The van der Waals surface area contributed by atoms with Gasteiger partial charge in [0.05, 0.1) is 17.3 Å². The Labute approximate surface area is 281 Å². The van der Waals surface area contributed by atoms with Crippen molar-refractivity contribution < 1.29 is 37.9 Å². The van der Waals surface area contributed by atoms with Crippen LogP contribution < -0.4 is 32.2 Å². The Hall–Kier alpha value is -3.55. The van der Waals surface area contributed by atoms with Gasteiger partial charge in [0.15, 0.2) is 24.1 Å². The number of carbonyl (C=O) groups is 3. The lowest BCUT2D eigenvalue weighted by Gasteiger charge is -2.50. The molecule has 16 nitrogen and oxygen atoms in total. The van der Waals surface area contributed by atoms with Crippen LogP contribution >= 0.6 is 24.1 Å². The molecule has 1 aromatic rings. The summed E-state index contributed by atoms with van der Waals surface area (Å²) in [6, 6.07) is 5.20. The molecule has 0 spiro atoms. The number of aryl methyl sites for hydroxylation is 1. The van der Waals surface area contributed by atoms with Crippen molar-refractivity contribution in [1.82, 2.24) is 21.0 Å². The highest BCUT2D eigenvalue weighted by atomic mass is 32.2. The molecule has 2 fully saturated rings. The Balaban J connectivity index is 0.00000160. The number of oxime groups is 1. The Bertz CT molecular complexity index is 1390. The van der Waals surface area contributed by atoms with Gasteiger partial charge in [-0.1, -0.05) is 16.9 Å². The van der Waals surface area contributed by atoms with Crippen molar-refractivity contribution in [2.24, 2.45) is 21.6 Å². The third kappa shape index (κ3) is 8.88. The molecule has 258 valence electrons. The first kappa shape index (κ1) is 36.3. The first-order valence-corrected chi connectivity index (χ1v) is 16.8. The molecule has 4 aliphatic rings. The van der Waals surface area contributed by atoms with E-state index in [-0.39, 0.29) is 36.7 Å². The van der Waals surface area contributed by atoms with Gasteiger partial charge in [-0.25, -0.2) is 0 Å². The fraction of sp³-hybridized carbons (Fsp3) is 0.552. The van der Waals surface area contributed by atoms with E-state index < -0.39 is 35.0 Å². The van der Waals surface area contributed by atoms with Crippen LogP contribution in [-0.2, 0) is 29.9 Å². The second-order valence-corrected chi connectivity index (χ2v) is 13.1. The number of nitrogens with zero attached hydrogens (tertiary/aromatic N) is 3. The lowest BCUT2D eigenvalue weighted by atomic mass is 9.84. The first-order valence-electron chi connectivity index (χ1n) is 15.2. The van der Waals surface area contributed by atoms with Gasteiger partial charge in [-0.05, 0) is 89.7 Å². The number of hydroxylamine groups is 2. The Morgan fingerprint density at radius 2 is 2.09 bits per heavy atom. The van der Waals surface area contributed by atoms with Crippen LogP contribution in [0, 0.1) is 0 Å². The van der Waals surface area contributed by atoms with Crippen LogP contribution in [0.2, 0.25) is 0 Å². The SMILES string of the molecule is CC(O/N=C(\C(=O)NC1C(=O)N(OSO)C1(C)C)C1=CSC(N)N1)C1CCc2cc(C(N)=NC3CCCNCC3)ccc2O1.O=CO. The van der Waals surface area contributed by atoms with Gasteiger partial charge in [-0.2, -0.15) is 9.35 Å². The number of nitrogens with two attached hydrogens (primary N) is 2. The van der Waals surface area contributed by atoms with Gasteiger partial charge in [-0.15, -0.1) is 0 Å². The molecule has 0 aromatic heterocycles. The largest absolute Gasteiger partial charge is 0.486 e. The molecule has 4 heterocycles. The average Bonchev–Trinajstić information content (AvgIpc) is 3.31. The number of thioether (sulfide) groups is 1. The minimum atomic E-state index is -0.906. The van der Waals surface area contributed by atoms with Crippen molar-refractivity contribution >= 4 is 53.9 Å². The number of hydrogen-bond donors (Lipinski definition) is 7. The highest BCUT2D eigenvalue weighted by Gasteiger charge is 2.57. The van der Waals surface area contributed by atoms with Crippen LogP contribution in [-0.4, -0.2) is 93.0 Å². The summed E-state index contributed by atoms with van der Waals surface area (Å²) >= 11 is 1.34. The number of amidine groups is 1. The van der Waals surface area contributed by atoms with Gasteiger partial charge in [0.25, 0.3) is 18.3 Å². The van der Waals surface area contributed by atoms with Crippen molar-refractivity contribution in [1.29, 1.82) is 0 Å². The van der Waals surface area contributed by atoms with Gasteiger partial charge < -0.3 is 46.7 Å². The Kier molecular flexibility index (Phi) is 12.8. The Morgan fingerprint density at radius 1 is 1.32 bits per heavy atom. The minimum absolute atomic E-state index is 0.0570. The van der Waals surface area contributed by atoms with E-state index in [1.807, 2.05) is 25.1 Å². The first-order chi connectivity index (χ1) is 22.5. The van der Waals surface area contributed by atoms with Gasteiger partial charge in [0, 0.05) is 11.0 Å². The standard InChI is InChI=1S/C28H40N8O6S2.CH2O2/c1-15(20-8-6-16-13-17(7-9-21(16)40-20)24(29)32-18-5-4-11-31-12-10-18)41-35-22(19-14-43-27(30)33-19)25(37)34-23-26(38)36(42-44-39)28(23,2)3;2-1-3/h7,9,13-15,18,20,23,27,31,33,39H,4-6,8,10-12,30H2,1-3H3,(H2,29,32)(H,34,37);1H,(H,2,3)/b35-22-;. The van der Waals surface area contributed by atoms with Crippen molar-refractivity contribution in [2.75, 3.05) is 13.1 Å². The van der Waals surface area contributed by atoms with Crippen LogP contribution in [0.5, 0.6) is 5.75 Å². The topological polar surface area (TPSA) is 235 Å². The molecule has 47 heavy (non-hydrogen) atoms. The van der Waals surface area contributed by atoms with Crippen molar-refractivity contribution in [2.45, 2.75) is 88.2 Å². The summed E-state index contributed by atoms with van der Waals surface area (Å²) in [4.78, 5) is 44.9. The number of β-lactam (4-membered cyclic amide) rings is 1. The minimum Gasteiger partial charge on any atom is -0.486 e. The predicted molar refractivity (Wildman–Crippen MR) is 178 cm³/mol. The summed E-state index contributed by atoms with van der Waals surface area (Å²) in [5, 5.41) is 22.8. The van der Waals surface area contributed by atoms with Crippen LogP contribution in [0.15, 0.2) is 39.5 Å². The summed E-state index contributed by atoms with van der Waals surface area (Å²) in [6.07, 6.45) is 3.70. The number of rotatable bonds is 10. The highest BCUT2D eigenvalue weighted by molar-refractivity contribution is 8.02. The fourth-order valence-corrected chi connectivity index (χ4v) is 6.55. The molecule has 0 saturated carbocycles. The van der Waals surface area contributed by atoms with E-state index in [0.717, 1.165) is 60.7 Å². The maximum atomic E-state index is 13.3. The zero-order valence-electron chi connectivity index (χ0n) is 26.4. The molecule has 2 saturated heterocycles. The fourth-order valence-electron chi connectivity index (χ4n) is 5.56. The highest BCUT2D eigenvalue weighted by Crippen LogP contribution is 2.34. The van der Waals surface area contributed by atoms with E-state index in [1.54, 1.807) is 19.3 Å². The summed E-state index contributed by atoms with van der Waals surface area (Å²) in [6.45, 7) is 6.94. The maximum Gasteiger partial charge on any atom is 0.290 e. The van der Waals surface area contributed by atoms with Gasteiger partial charge >= 0.3 is 0 Å². The Morgan fingerprint density at radius 3 is 2.77 bits per heavy atom. The number of hydrogen-bond acceptors (Lipinski definition) is 14. The third-order valence-electron chi connectivity index (χ3n) is 8.19. The molecule has 0 bridgehead atoms. The second-order valence-electron chi connectivity index (χ2n) is 11.8. The molecule has 5 rings (SSSR count). The predicted octanol–water partition coefficient (Wildman–Crippen LogP) is 1.27. The summed E-state index contributed by atoms with van der Waals surface area (Å²) in [7, 11) is 0. The van der Waals surface area contributed by atoms with Crippen LogP contribution in [0.1, 0.15) is 57.6 Å². The van der Waals surface area contributed by atoms with Gasteiger partial charge in [0.2, 0.25) is 0 Å². The molecule has 1 aromatic carbocycles. The van der Waals surface area contributed by atoms with Crippen molar-refractivity contribution in [3.8, 4) is 5.75 Å². The van der Waals surface area contributed by atoms with Crippen LogP contribution in [0.3, 0.4) is 0 Å². The number of benzene rings is 1. The second kappa shape index (κ2) is 16.5. The average molecular weight is 695 g/mol.